The molecule has 1 aromatic carbocycles. The van der Waals surface area contributed by atoms with Gasteiger partial charge >= 0.3 is 11.9 Å². The number of rotatable bonds is 3. The zero-order valence-electron chi connectivity index (χ0n) is 15.4. The fraction of sp³-hybridized carbons (Fsp3) is 0.100. The summed E-state index contributed by atoms with van der Waals surface area (Å²) in [6, 6.07) is 8.82. The largest absolute Gasteiger partial charge is 0.416 e. The summed E-state index contributed by atoms with van der Waals surface area (Å²) in [5.41, 5.74) is -2.44. The van der Waals surface area contributed by atoms with E-state index >= 15 is 0 Å². The van der Waals surface area contributed by atoms with Gasteiger partial charge in [-0.25, -0.2) is 14.3 Å². The van der Waals surface area contributed by atoms with Gasteiger partial charge in [0.25, 0.3) is 5.56 Å². The van der Waals surface area contributed by atoms with E-state index in [1.54, 1.807) is 29.0 Å². The molecule has 11 heteroatoms. The molecule has 0 amide bonds. The highest BCUT2D eigenvalue weighted by atomic mass is 35.5. The van der Waals surface area contributed by atoms with Crippen LogP contribution in [0.1, 0.15) is 11.1 Å². The average Bonchev–Trinajstić information content (AvgIpc) is 2.69. The second kappa shape index (κ2) is 7.82. The van der Waals surface area contributed by atoms with Crippen molar-refractivity contribution in [1.82, 2.24) is 19.1 Å². The van der Waals surface area contributed by atoms with Gasteiger partial charge in [0.1, 0.15) is 5.15 Å². The van der Waals surface area contributed by atoms with Gasteiger partial charge in [0.15, 0.2) is 5.82 Å². The summed E-state index contributed by atoms with van der Waals surface area (Å²) in [4.78, 5) is 33.6. The first kappa shape index (κ1) is 21.1. The molecule has 2 aromatic rings. The number of hydrogen-bond donors (Lipinski definition) is 0. The number of nitrogens with zero attached hydrogens (tertiary/aromatic N) is 4. The summed E-state index contributed by atoms with van der Waals surface area (Å²) in [6.45, 7) is 0.243. The lowest BCUT2D eigenvalue weighted by Gasteiger charge is -2.16. The number of pyridine rings is 2. The van der Waals surface area contributed by atoms with Gasteiger partial charge in [0.05, 0.1) is 23.4 Å². The zero-order chi connectivity index (χ0) is 22.3. The predicted molar refractivity (Wildman–Crippen MR) is 109 cm³/mol. The molecule has 31 heavy (non-hydrogen) atoms. The van der Waals surface area contributed by atoms with Crippen molar-refractivity contribution in [3.63, 3.8) is 0 Å². The van der Waals surface area contributed by atoms with Gasteiger partial charge in [0.2, 0.25) is 0 Å². The Kier molecular flexibility index (Phi) is 5.32. The quantitative estimate of drug-likeness (QED) is 0.422. The van der Waals surface area contributed by atoms with Crippen LogP contribution >= 0.6 is 23.2 Å². The van der Waals surface area contributed by atoms with Crippen molar-refractivity contribution >= 4 is 23.2 Å². The maximum absolute atomic E-state index is 13.1. The second-order valence-corrected chi connectivity index (χ2v) is 7.42. The number of alkyl halides is 3. The van der Waals surface area contributed by atoms with Gasteiger partial charge < -0.3 is 4.57 Å². The van der Waals surface area contributed by atoms with Gasteiger partial charge in [-0.3, -0.25) is 4.79 Å². The molecule has 1 aromatic heterocycles. The minimum Gasteiger partial charge on any atom is -0.328 e. The summed E-state index contributed by atoms with van der Waals surface area (Å²) in [7, 11) is 0. The number of hydrogen-bond acceptors (Lipinski definition) is 4. The molecular weight excluding hydrogens is 456 g/mol. The predicted octanol–water partition coefficient (Wildman–Crippen LogP) is 4.27. The van der Waals surface area contributed by atoms with E-state index in [0.29, 0.717) is 21.9 Å². The van der Waals surface area contributed by atoms with Gasteiger partial charge in [-0.05, 0) is 42.0 Å². The molecule has 6 nitrogen and oxygen atoms in total. The lowest BCUT2D eigenvalue weighted by Crippen LogP contribution is -2.37. The number of benzene rings is 1. The standard InChI is InChI=1S/C20H11Cl2F3N4O2/c21-13-6-12(20(23,24)25)7-14(8-13)29-18(30)15-2-1-5-28(17(15)27-19(29)31)10-11-3-4-16(22)26-9-11/h1-9H,10H2. The Morgan fingerprint density at radius 3 is 2.48 bits per heavy atom. The van der Waals surface area contributed by atoms with Crippen LogP contribution in [0.3, 0.4) is 0 Å². The summed E-state index contributed by atoms with van der Waals surface area (Å²) in [6.07, 6.45) is -1.54. The first-order valence-electron chi connectivity index (χ1n) is 8.74. The molecule has 0 saturated carbocycles. The van der Waals surface area contributed by atoms with E-state index in [-0.39, 0.29) is 28.6 Å². The van der Waals surface area contributed by atoms with Crippen LogP contribution in [0.4, 0.5) is 13.2 Å². The molecule has 3 heterocycles. The first-order chi connectivity index (χ1) is 14.6. The molecule has 0 unspecified atom stereocenters. The molecule has 0 aliphatic carbocycles. The van der Waals surface area contributed by atoms with E-state index in [9.17, 15) is 22.8 Å². The second-order valence-electron chi connectivity index (χ2n) is 6.59. The van der Waals surface area contributed by atoms with Crippen molar-refractivity contribution in [3.05, 3.63) is 97.0 Å². The minimum absolute atomic E-state index is 0.0533. The molecule has 4 rings (SSSR count). The van der Waals surface area contributed by atoms with Crippen molar-refractivity contribution in [1.29, 1.82) is 0 Å². The van der Waals surface area contributed by atoms with Crippen LogP contribution in [-0.4, -0.2) is 19.1 Å². The Balaban J connectivity index is 1.88. The summed E-state index contributed by atoms with van der Waals surface area (Å²) < 4.78 is 41.6. The van der Waals surface area contributed by atoms with Crippen molar-refractivity contribution in [2.45, 2.75) is 12.7 Å². The number of halogens is 5. The molecule has 0 radical (unpaired) electrons. The van der Waals surface area contributed by atoms with Crippen molar-refractivity contribution in [2.75, 3.05) is 0 Å². The van der Waals surface area contributed by atoms with E-state index < -0.39 is 23.0 Å². The minimum atomic E-state index is -4.70. The lowest BCUT2D eigenvalue weighted by atomic mass is 10.1. The summed E-state index contributed by atoms with van der Waals surface area (Å²) in [5.74, 6) is 0.0850. The number of fused-ring (bicyclic) bond motifs is 1. The van der Waals surface area contributed by atoms with Crippen LogP contribution in [0.5, 0.6) is 0 Å². The monoisotopic (exact) mass is 466 g/mol. The molecule has 158 valence electrons. The Hall–Kier alpha value is -3.17. The molecule has 0 spiro atoms. The molecule has 2 aliphatic heterocycles. The van der Waals surface area contributed by atoms with Gasteiger partial charge in [0, 0.05) is 17.4 Å². The van der Waals surface area contributed by atoms with Crippen LogP contribution in [0.25, 0.3) is 17.1 Å². The fourth-order valence-electron chi connectivity index (χ4n) is 3.10. The van der Waals surface area contributed by atoms with Crippen LogP contribution in [0.15, 0.2) is 64.4 Å². The molecule has 0 fully saturated rings. The van der Waals surface area contributed by atoms with Crippen LogP contribution in [0.2, 0.25) is 10.2 Å². The van der Waals surface area contributed by atoms with Gasteiger partial charge in [-0.2, -0.15) is 18.2 Å². The maximum atomic E-state index is 13.1. The lowest BCUT2D eigenvalue weighted by molar-refractivity contribution is -0.137. The molecular formula is C20H11Cl2F3N4O2. The summed E-state index contributed by atoms with van der Waals surface area (Å²) in [5, 5.41) is 0.0452. The average molecular weight is 467 g/mol. The van der Waals surface area contributed by atoms with Crippen molar-refractivity contribution in [3.8, 4) is 17.1 Å². The molecule has 0 N–H and O–H groups in total. The third-order valence-corrected chi connectivity index (χ3v) is 4.92. The Labute approximate surface area is 182 Å². The van der Waals surface area contributed by atoms with Gasteiger partial charge in [-0.15, -0.1) is 0 Å². The van der Waals surface area contributed by atoms with E-state index in [1.807, 2.05) is 0 Å². The highest BCUT2D eigenvalue weighted by Crippen LogP contribution is 2.32. The molecule has 0 saturated heterocycles. The third-order valence-electron chi connectivity index (χ3n) is 4.48. The third kappa shape index (κ3) is 4.19. The topological polar surface area (TPSA) is 69.8 Å². The SMILES string of the molecule is O=c1nc2n(Cc3ccc(Cl)nc3)cccc-2c(=O)n1-c1cc(Cl)cc(C(F)(F)F)c1. The summed E-state index contributed by atoms with van der Waals surface area (Å²) >= 11 is 11.6. The Morgan fingerprint density at radius 2 is 1.81 bits per heavy atom. The maximum Gasteiger partial charge on any atom is 0.416 e. The highest BCUT2D eigenvalue weighted by molar-refractivity contribution is 6.30. The van der Waals surface area contributed by atoms with Gasteiger partial charge in [-0.1, -0.05) is 29.3 Å². The zero-order valence-corrected chi connectivity index (χ0v) is 16.9. The molecule has 0 bridgehead atoms. The molecule has 0 atom stereocenters. The first-order valence-corrected chi connectivity index (χ1v) is 9.50. The van der Waals surface area contributed by atoms with E-state index in [4.69, 9.17) is 23.2 Å². The number of aromatic nitrogens is 4. The highest BCUT2D eigenvalue weighted by Gasteiger charge is 2.32. The molecule has 2 aliphatic rings. The van der Waals surface area contributed by atoms with Crippen LogP contribution in [0, 0.1) is 0 Å². The van der Waals surface area contributed by atoms with Crippen LogP contribution in [-0.2, 0) is 12.7 Å². The smallest absolute Gasteiger partial charge is 0.328 e. The van der Waals surface area contributed by atoms with Crippen LogP contribution < -0.4 is 11.2 Å². The van der Waals surface area contributed by atoms with Crippen molar-refractivity contribution in [2.24, 2.45) is 0 Å². The van der Waals surface area contributed by atoms with E-state index in [1.165, 1.54) is 12.3 Å². The van der Waals surface area contributed by atoms with E-state index in [2.05, 4.69) is 9.97 Å². The Bertz CT molecular complexity index is 1360. The normalized spacial score (nSPS) is 11.8. The van der Waals surface area contributed by atoms with Crippen molar-refractivity contribution < 1.29 is 13.2 Å². The fourth-order valence-corrected chi connectivity index (χ4v) is 3.44. The Morgan fingerprint density at radius 1 is 1.03 bits per heavy atom. The van der Waals surface area contributed by atoms with E-state index in [0.717, 1.165) is 11.6 Å².